The summed E-state index contributed by atoms with van der Waals surface area (Å²) in [5, 5.41) is 6.03. The van der Waals surface area contributed by atoms with Gasteiger partial charge < -0.3 is 20.3 Å². The number of aromatic nitrogens is 2. The molecule has 2 N–H and O–H groups in total. The molecular weight excluding hydrogens is 484 g/mol. The van der Waals surface area contributed by atoms with Crippen molar-refractivity contribution in [2.24, 2.45) is 4.99 Å². The molecule has 2 amide bonds. The van der Waals surface area contributed by atoms with Gasteiger partial charge in [0.15, 0.2) is 5.82 Å². The number of amides is 2. The van der Waals surface area contributed by atoms with Crippen LogP contribution >= 0.6 is 0 Å². The average Bonchev–Trinajstić information content (AvgIpc) is 3.44. The Morgan fingerprint density at radius 2 is 1.84 bits per heavy atom. The summed E-state index contributed by atoms with van der Waals surface area (Å²) >= 11 is 0. The summed E-state index contributed by atoms with van der Waals surface area (Å²) in [5.41, 5.74) is 3.61. The number of carbonyl (C=O) groups is 2. The van der Waals surface area contributed by atoms with Crippen LogP contribution in [-0.4, -0.2) is 72.0 Å². The summed E-state index contributed by atoms with van der Waals surface area (Å²) in [4.78, 5) is 44.6. The number of fused-ring (bicyclic) bond motifs is 2. The van der Waals surface area contributed by atoms with Crippen molar-refractivity contribution in [1.29, 1.82) is 0 Å². The lowest BCUT2D eigenvalue weighted by Crippen LogP contribution is -2.48. The van der Waals surface area contributed by atoms with Crippen LogP contribution in [0.1, 0.15) is 10.4 Å². The molecule has 11 nitrogen and oxygen atoms in total. The van der Waals surface area contributed by atoms with E-state index < -0.39 is 0 Å². The first kappa shape index (κ1) is 23.6. The summed E-state index contributed by atoms with van der Waals surface area (Å²) in [7, 11) is 0. The average molecular weight is 511 g/mol. The molecule has 0 unspecified atom stereocenters. The van der Waals surface area contributed by atoms with Gasteiger partial charge in [0.2, 0.25) is 17.8 Å². The third-order valence-electron chi connectivity index (χ3n) is 6.53. The first-order valence-corrected chi connectivity index (χ1v) is 12.4. The van der Waals surface area contributed by atoms with Crippen molar-refractivity contribution in [1.82, 2.24) is 14.9 Å². The molecule has 3 aromatic rings. The van der Waals surface area contributed by atoms with E-state index in [4.69, 9.17) is 9.72 Å². The van der Waals surface area contributed by atoms with Crippen LogP contribution in [0.3, 0.4) is 0 Å². The monoisotopic (exact) mass is 510 g/mol. The van der Waals surface area contributed by atoms with Crippen molar-refractivity contribution in [2.45, 2.75) is 0 Å². The molecule has 1 aromatic heterocycles. The van der Waals surface area contributed by atoms with Crippen molar-refractivity contribution >= 4 is 52.3 Å². The van der Waals surface area contributed by atoms with Crippen molar-refractivity contribution < 1.29 is 14.3 Å². The van der Waals surface area contributed by atoms with Gasteiger partial charge in [0.25, 0.3) is 5.91 Å². The van der Waals surface area contributed by atoms with E-state index in [1.165, 1.54) is 6.08 Å². The van der Waals surface area contributed by atoms with Gasteiger partial charge in [-0.25, -0.2) is 4.98 Å². The maximum atomic E-state index is 13.2. The molecule has 0 bridgehead atoms. The largest absolute Gasteiger partial charge is 0.378 e. The Morgan fingerprint density at radius 1 is 1.03 bits per heavy atom. The summed E-state index contributed by atoms with van der Waals surface area (Å²) < 4.78 is 5.44. The summed E-state index contributed by atoms with van der Waals surface area (Å²) in [5.74, 6) is 0.759. The van der Waals surface area contributed by atoms with E-state index in [0.717, 1.165) is 37.7 Å². The van der Waals surface area contributed by atoms with Crippen molar-refractivity contribution in [3.63, 3.8) is 0 Å². The zero-order valence-corrected chi connectivity index (χ0v) is 20.6. The SMILES string of the molecule is C=CC(=O)Nc1cccc(N2C3=NCCN3C(=O)c3cnc(Nc4ccc(N5CCOCC5)cc4)nc32)c1. The minimum atomic E-state index is -0.315. The Bertz CT molecular complexity index is 1430. The predicted octanol–water partition coefficient (Wildman–Crippen LogP) is 3.14. The van der Waals surface area contributed by atoms with Gasteiger partial charge in [0.1, 0.15) is 5.56 Å². The van der Waals surface area contributed by atoms with Gasteiger partial charge in [-0.1, -0.05) is 12.6 Å². The fourth-order valence-corrected chi connectivity index (χ4v) is 4.67. The van der Waals surface area contributed by atoms with E-state index in [-0.39, 0.29) is 11.8 Å². The molecule has 0 atom stereocenters. The third kappa shape index (κ3) is 4.43. The molecule has 4 heterocycles. The number of ether oxygens (including phenoxy) is 1. The van der Waals surface area contributed by atoms with E-state index in [0.29, 0.717) is 47.8 Å². The van der Waals surface area contributed by atoms with Gasteiger partial charge in [0, 0.05) is 42.9 Å². The molecule has 192 valence electrons. The zero-order chi connectivity index (χ0) is 26.1. The van der Waals surface area contributed by atoms with Gasteiger partial charge in [0.05, 0.1) is 25.4 Å². The molecule has 2 aromatic carbocycles. The second kappa shape index (κ2) is 9.94. The number of hydrogen-bond acceptors (Lipinski definition) is 9. The quantitative estimate of drug-likeness (QED) is 0.486. The number of morpholine rings is 1. The molecule has 0 saturated carbocycles. The Kier molecular flexibility index (Phi) is 6.18. The van der Waals surface area contributed by atoms with E-state index in [9.17, 15) is 9.59 Å². The molecule has 3 aliphatic rings. The topological polar surface area (TPSA) is 115 Å². The van der Waals surface area contributed by atoms with Crippen LogP contribution in [0.4, 0.5) is 34.5 Å². The first-order chi connectivity index (χ1) is 18.6. The standard InChI is InChI=1S/C27H26N8O3/c1-2-23(36)30-19-4-3-5-21(16-19)35-24-22(25(37)34-11-10-28-27(34)35)17-29-26(32-24)31-18-6-8-20(9-7-18)33-12-14-38-15-13-33/h2-9,16-17H,1,10-15H2,(H,30,36)(H,29,31,32). The number of guanidine groups is 1. The smallest absolute Gasteiger partial charge is 0.266 e. The minimum absolute atomic E-state index is 0.190. The molecule has 0 aliphatic carbocycles. The van der Waals surface area contributed by atoms with Gasteiger partial charge in [-0.05, 0) is 48.5 Å². The second-order valence-corrected chi connectivity index (χ2v) is 8.92. The van der Waals surface area contributed by atoms with Crippen molar-refractivity contribution in [3.05, 3.63) is 72.9 Å². The number of carbonyl (C=O) groups excluding carboxylic acids is 2. The Hall–Kier alpha value is -4.77. The van der Waals surface area contributed by atoms with Crippen LogP contribution in [0.5, 0.6) is 0 Å². The lowest BCUT2D eigenvalue weighted by atomic mass is 10.1. The van der Waals surface area contributed by atoms with Crippen LogP contribution in [-0.2, 0) is 9.53 Å². The van der Waals surface area contributed by atoms with E-state index in [1.807, 2.05) is 29.2 Å². The number of rotatable bonds is 6. The highest BCUT2D eigenvalue weighted by Crippen LogP contribution is 2.36. The highest BCUT2D eigenvalue weighted by Gasteiger charge is 2.39. The highest BCUT2D eigenvalue weighted by atomic mass is 16.5. The number of hydrogen-bond donors (Lipinski definition) is 2. The molecule has 0 spiro atoms. The normalized spacial score (nSPS) is 16.5. The third-order valence-corrected chi connectivity index (χ3v) is 6.53. The molecule has 0 radical (unpaired) electrons. The Labute approximate surface area is 219 Å². The van der Waals surface area contributed by atoms with Crippen LogP contribution in [0.2, 0.25) is 0 Å². The summed E-state index contributed by atoms with van der Waals surface area (Å²) in [6.07, 6.45) is 2.75. The van der Waals surface area contributed by atoms with Crippen LogP contribution in [0.15, 0.2) is 72.4 Å². The second-order valence-electron chi connectivity index (χ2n) is 8.92. The molecule has 1 saturated heterocycles. The molecule has 38 heavy (non-hydrogen) atoms. The van der Waals surface area contributed by atoms with Crippen LogP contribution in [0.25, 0.3) is 0 Å². The Morgan fingerprint density at radius 3 is 2.63 bits per heavy atom. The van der Waals surface area contributed by atoms with Gasteiger partial charge >= 0.3 is 0 Å². The lowest BCUT2D eigenvalue weighted by molar-refractivity contribution is -0.111. The van der Waals surface area contributed by atoms with Gasteiger partial charge in [-0.15, -0.1) is 0 Å². The number of anilines is 6. The summed E-state index contributed by atoms with van der Waals surface area (Å²) in [6, 6.07) is 15.3. The maximum Gasteiger partial charge on any atom is 0.266 e. The minimum Gasteiger partial charge on any atom is -0.378 e. The van der Waals surface area contributed by atoms with Crippen molar-refractivity contribution in [2.75, 3.05) is 59.8 Å². The number of nitrogens with one attached hydrogen (secondary N) is 2. The predicted molar refractivity (Wildman–Crippen MR) is 146 cm³/mol. The van der Waals surface area contributed by atoms with Crippen molar-refractivity contribution in [3.8, 4) is 0 Å². The fourth-order valence-electron chi connectivity index (χ4n) is 4.67. The fraction of sp³-hybridized carbons (Fsp3) is 0.222. The molecule has 11 heteroatoms. The van der Waals surface area contributed by atoms with E-state index in [2.05, 4.69) is 44.2 Å². The van der Waals surface area contributed by atoms with Crippen LogP contribution in [0, 0.1) is 0 Å². The van der Waals surface area contributed by atoms with Gasteiger partial charge in [-0.2, -0.15) is 4.98 Å². The van der Waals surface area contributed by atoms with E-state index in [1.54, 1.807) is 23.2 Å². The Balaban J connectivity index is 1.32. The van der Waals surface area contributed by atoms with Crippen LogP contribution < -0.4 is 20.4 Å². The zero-order valence-electron chi connectivity index (χ0n) is 20.6. The lowest BCUT2D eigenvalue weighted by Gasteiger charge is -2.35. The van der Waals surface area contributed by atoms with E-state index >= 15 is 0 Å². The first-order valence-electron chi connectivity index (χ1n) is 12.4. The highest BCUT2D eigenvalue weighted by molar-refractivity contribution is 6.21. The number of nitrogens with zero attached hydrogens (tertiary/aromatic N) is 6. The van der Waals surface area contributed by atoms with Gasteiger partial charge in [-0.3, -0.25) is 24.4 Å². The molecule has 1 fully saturated rings. The number of benzene rings is 2. The molecule has 3 aliphatic heterocycles. The summed E-state index contributed by atoms with van der Waals surface area (Å²) in [6.45, 7) is 7.66. The number of aliphatic imine (C=N–C) groups is 1. The molecule has 6 rings (SSSR count). The molecular formula is C27H26N8O3. The maximum absolute atomic E-state index is 13.2.